The van der Waals surface area contributed by atoms with Crippen LogP contribution in [0, 0.1) is 18.8 Å². The van der Waals surface area contributed by atoms with Crippen molar-refractivity contribution in [2.24, 2.45) is 11.8 Å². The molecule has 0 aliphatic carbocycles. The Hall–Kier alpha value is 0. The van der Waals surface area contributed by atoms with Gasteiger partial charge in [-0.1, -0.05) is 53.4 Å². The van der Waals surface area contributed by atoms with E-state index in [-0.39, 0.29) is 0 Å². The molecule has 0 aromatic heterocycles. The average molecular weight is 141 g/mol. The number of rotatable bonds is 5. The van der Waals surface area contributed by atoms with Crippen molar-refractivity contribution in [3.05, 3.63) is 6.92 Å². The van der Waals surface area contributed by atoms with Gasteiger partial charge in [0.15, 0.2) is 0 Å². The molecule has 0 aliphatic heterocycles. The van der Waals surface area contributed by atoms with Gasteiger partial charge in [0.2, 0.25) is 0 Å². The first-order chi connectivity index (χ1) is 4.72. The van der Waals surface area contributed by atoms with Crippen molar-refractivity contribution < 1.29 is 0 Å². The van der Waals surface area contributed by atoms with E-state index in [0.717, 1.165) is 18.3 Å². The van der Waals surface area contributed by atoms with Crippen LogP contribution in [0.4, 0.5) is 0 Å². The first-order valence-electron chi connectivity index (χ1n) is 4.51. The molecule has 1 unspecified atom stereocenters. The minimum absolute atomic E-state index is 0.823. The number of hydrogen-bond acceptors (Lipinski definition) is 0. The summed E-state index contributed by atoms with van der Waals surface area (Å²) < 4.78 is 0. The molecule has 0 rings (SSSR count). The fourth-order valence-electron chi connectivity index (χ4n) is 1.28. The van der Waals surface area contributed by atoms with Crippen LogP contribution in [0.25, 0.3) is 0 Å². The maximum Gasteiger partial charge on any atom is -0.0391 e. The molecular weight excluding hydrogens is 120 g/mol. The molecule has 0 heterocycles. The van der Waals surface area contributed by atoms with E-state index in [1.165, 1.54) is 19.3 Å². The highest BCUT2D eigenvalue weighted by Gasteiger charge is 2.08. The van der Waals surface area contributed by atoms with Gasteiger partial charge in [-0.15, -0.1) is 0 Å². The smallest absolute Gasteiger partial charge is 0.0391 e. The van der Waals surface area contributed by atoms with Crippen molar-refractivity contribution in [3.8, 4) is 0 Å². The summed E-state index contributed by atoms with van der Waals surface area (Å²) in [5, 5.41) is 0. The lowest BCUT2D eigenvalue weighted by Gasteiger charge is -2.17. The van der Waals surface area contributed by atoms with Gasteiger partial charge in [-0.05, 0) is 11.8 Å². The lowest BCUT2D eigenvalue weighted by Crippen LogP contribution is -2.06. The van der Waals surface area contributed by atoms with Crippen LogP contribution in [0.3, 0.4) is 0 Å². The summed E-state index contributed by atoms with van der Waals surface area (Å²) in [6, 6.07) is 0. The van der Waals surface area contributed by atoms with E-state index in [9.17, 15) is 0 Å². The monoisotopic (exact) mass is 141 g/mol. The first-order valence-corrected chi connectivity index (χ1v) is 4.51. The van der Waals surface area contributed by atoms with Crippen LogP contribution in [0.2, 0.25) is 0 Å². The number of unbranched alkanes of at least 4 members (excludes halogenated alkanes) is 1. The zero-order valence-corrected chi connectivity index (χ0v) is 7.69. The molecule has 1 atom stereocenters. The predicted molar refractivity (Wildman–Crippen MR) is 47.8 cm³/mol. The van der Waals surface area contributed by atoms with Gasteiger partial charge in [0.05, 0.1) is 0 Å². The Bertz CT molecular complexity index is 64.4. The molecule has 61 valence electrons. The maximum atomic E-state index is 3.96. The molecular formula is C10H21. The maximum absolute atomic E-state index is 3.96. The Morgan fingerprint density at radius 2 is 1.90 bits per heavy atom. The molecule has 0 bridgehead atoms. The molecule has 0 aliphatic rings. The molecule has 1 radical (unpaired) electrons. The highest BCUT2D eigenvalue weighted by Crippen LogP contribution is 2.20. The zero-order valence-electron chi connectivity index (χ0n) is 7.69. The first kappa shape index (κ1) is 10.0. The molecule has 0 aromatic carbocycles. The lowest BCUT2D eigenvalue weighted by atomic mass is 9.89. The second-order valence-corrected chi connectivity index (χ2v) is 3.44. The van der Waals surface area contributed by atoms with E-state index in [1.807, 2.05) is 0 Å². The van der Waals surface area contributed by atoms with Crippen molar-refractivity contribution in [1.29, 1.82) is 0 Å². The van der Waals surface area contributed by atoms with Gasteiger partial charge in [-0.25, -0.2) is 0 Å². The SMILES string of the molecule is [CH2]CC(CCCC)C(C)C. The largest absolute Gasteiger partial charge is 0.0654 e. The summed E-state index contributed by atoms with van der Waals surface area (Å²) >= 11 is 0. The Morgan fingerprint density at radius 1 is 1.30 bits per heavy atom. The van der Waals surface area contributed by atoms with Gasteiger partial charge in [-0.2, -0.15) is 0 Å². The minimum atomic E-state index is 0.823. The molecule has 0 N–H and O–H groups in total. The molecule has 0 aromatic rings. The van der Waals surface area contributed by atoms with Crippen molar-refractivity contribution >= 4 is 0 Å². The van der Waals surface area contributed by atoms with Gasteiger partial charge in [0.1, 0.15) is 0 Å². The summed E-state index contributed by atoms with van der Waals surface area (Å²) in [6.45, 7) is 10.8. The van der Waals surface area contributed by atoms with Crippen LogP contribution in [-0.4, -0.2) is 0 Å². The molecule has 0 amide bonds. The minimum Gasteiger partial charge on any atom is -0.0654 e. The fraction of sp³-hybridized carbons (Fsp3) is 0.900. The van der Waals surface area contributed by atoms with Crippen LogP contribution in [-0.2, 0) is 0 Å². The quantitative estimate of drug-likeness (QED) is 0.548. The van der Waals surface area contributed by atoms with Gasteiger partial charge in [0, 0.05) is 0 Å². The van der Waals surface area contributed by atoms with Crippen molar-refractivity contribution in [1.82, 2.24) is 0 Å². The highest BCUT2D eigenvalue weighted by molar-refractivity contribution is 4.63. The van der Waals surface area contributed by atoms with E-state index in [2.05, 4.69) is 27.7 Å². The van der Waals surface area contributed by atoms with E-state index in [0.29, 0.717) is 0 Å². The Kier molecular flexibility index (Phi) is 5.76. The van der Waals surface area contributed by atoms with Crippen molar-refractivity contribution in [3.63, 3.8) is 0 Å². The van der Waals surface area contributed by atoms with E-state index in [4.69, 9.17) is 0 Å². The van der Waals surface area contributed by atoms with Gasteiger partial charge >= 0.3 is 0 Å². The molecule has 0 saturated heterocycles. The Morgan fingerprint density at radius 3 is 2.20 bits per heavy atom. The van der Waals surface area contributed by atoms with Gasteiger partial charge in [-0.3, -0.25) is 0 Å². The third-order valence-electron chi connectivity index (χ3n) is 2.24. The fourth-order valence-corrected chi connectivity index (χ4v) is 1.28. The molecule has 0 heteroatoms. The molecule has 0 nitrogen and oxygen atoms in total. The van der Waals surface area contributed by atoms with E-state index < -0.39 is 0 Å². The molecule has 0 spiro atoms. The summed E-state index contributed by atoms with van der Waals surface area (Å²) in [5.74, 6) is 1.68. The van der Waals surface area contributed by atoms with Crippen LogP contribution in [0.1, 0.15) is 46.5 Å². The second-order valence-electron chi connectivity index (χ2n) is 3.44. The normalized spacial score (nSPS) is 14.1. The van der Waals surface area contributed by atoms with Crippen LogP contribution < -0.4 is 0 Å². The number of hydrogen-bond donors (Lipinski definition) is 0. The van der Waals surface area contributed by atoms with Crippen molar-refractivity contribution in [2.75, 3.05) is 0 Å². The summed E-state index contributed by atoms with van der Waals surface area (Å²) in [7, 11) is 0. The highest BCUT2D eigenvalue weighted by atomic mass is 14.1. The third-order valence-corrected chi connectivity index (χ3v) is 2.24. The Balaban J connectivity index is 3.40. The standard InChI is InChI=1S/C10H21/c1-5-7-8-10(6-2)9(3)4/h9-10H,2,5-8H2,1,3-4H3. The van der Waals surface area contributed by atoms with Crippen LogP contribution >= 0.6 is 0 Å². The lowest BCUT2D eigenvalue weighted by molar-refractivity contribution is 0.352. The topological polar surface area (TPSA) is 0 Å². The molecule has 10 heavy (non-hydrogen) atoms. The van der Waals surface area contributed by atoms with Gasteiger partial charge < -0.3 is 0 Å². The van der Waals surface area contributed by atoms with Crippen LogP contribution in [0.5, 0.6) is 0 Å². The van der Waals surface area contributed by atoms with Gasteiger partial charge in [0.25, 0.3) is 0 Å². The Labute approximate surface area is 66.0 Å². The predicted octanol–water partition coefficient (Wildman–Crippen LogP) is 3.67. The zero-order chi connectivity index (χ0) is 7.98. The summed E-state index contributed by atoms with van der Waals surface area (Å²) in [4.78, 5) is 0. The molecule has 0 fully saturated rings. The average Bonchev–Trinajstić information content (AvgIpc) is 1.89. The molecule has 0 saturated carbocycles. The second kappa shape index (κ2) is 5.76. The van der Waals surface area contributed by atoms with E-state index >= 15 is 0 Å². The van der Waals surface area contributed by atoms with Crippen LogP contribution in [0.15, 0.2) is 0 Å². The summed E-state index contributed by atoms with van der Waals surface area (Å²) in [6.07, 6.45) is 5.18. The third kappa shape index (κ3) is 3.92. The van der Waals surface area contributed by atoms with E-state index in [1.54, 1.807) is 0 Å². The van der Waals surface area contributed by atoms with Crippen molar-refractivity contribution in [2.45, 2.75) is 46.5 Å². The summed E-state index contributed by atoms with van der Waals surface area (Å²) in [5.41, 5.74) is 0.